The van der Waals surface area contributed by atoms with Crippen molar-refractivity contribution in [1.29, 1.82) is 0 Å². The van der Waals surface area contributed by atoms with Gasteiger partial charge in [0.25, 0.3) is 0 Å². The molecule has 0 saturated carbocycles. The molecule has 2 N–H and O–H groups in total. The zero-order chi connectivity index (χ0) is 14.6. The highest BCUT2D eigenvalue weighted by atomic mass is 16.5. The van der Waals surface area contributed by atoms with E-state index in [2.05, 4.69) is 17.0 Å². The fraction of sp³-hybridized carbons (Fsp3) is 0.625. The lowest BCUT2D eigenvalue weighted by atomic mass is 9.86. The maximum Gasteiger partial charge on any atom is 0.0718 e. The van der Waals surface area contributed by atoms with Crippen molar-refractivity contribution < 1.29 is 14.9 Å². The Bertz CT molecular complexity index is 404. The summed E-state index contributed by atoms with van der Waals surface area (Å²) in [5, 5.41) is 19.7. The fourth-order valence-corrected chi connectivity index (χ4v) is 2.65. The summed E-state index contributed by atoms with van der Waals surface area (Å²) in [6, 6.07) is 10.2. The first kappa shape index (κ1) is 15.4. The van der Waals surface area contributed by atoms with Gasteiger partial charge in [-0.2, -0.15) is 0 Å². The highest BCUT2D eigenvalue weighted by molar-refractivity contribution is 5.14. The van der Waals surface area contributed by atoms with E-state index in [1.165, 1.54) is 5.56 Å². The molecule has 1 fully saturated rings. The number of rotatable bonds is 7. The molecule has 0 bridgehead atoms. The number of aliphatic hydroxyl groups excluding tert-OH is 1. The molecular formula is C16H25NO3. The maximum absolute atomic E-state index is 10.1. The van der Waals surface area contributed by atoms with E-state index >= 15 is 0 Å². The molecule has 0 amide bonds. The van der Waals surface area contributed by atoms with E-state index in [1.807, 2.05) is 32.0 Å². The number of nitrogens with zero attached hydrogens (tertiary/aromatic N) is 1. The normalized spacial score (nSPS) is 18.1. The summed E-state index contributed by atoms with van der Waals surface area (Å²) in [5.41, 5.74) is 0.292. The average molecular weight is 279 g/mol. The van der Waals surface area contributed by atoms with Gasteiger partial charge in [0.1, 0.15) is 0 Å². The molecule has 20 heavy (non-hydrogen) atoms. The molecule has 0 atom stereocenters. The molecule has 112 valence electrons. The Morgan fingerprint density at radius 2 is 1.90 bits per heavy atom. The van der Waals surface area contributed by atoms with E-state index in [4.69, 9.17) is 4.74 Å². The van der Waals surface area contributed by atoms with E-state index in [-0.39, 0.29) is 12.0 Å². The van der Waals surface area contributed by atoms with Crippen LogP contribution in [0, 0.1) is 5.41 Å². The molecule has 1 aromatic carbocycles. The minimum absolute atomic E-state index is 0.129. The van der Waals surface area contributed by atoms with Crippen LogP contribution in [0.3, 0.4) is 0 Å². The molecule has 0 aliphatic carbocycles. The zero-order valence-electron chi connectivity index (χ0n) is 12.4. The Hall–Kier alpha value is -0.940. The van der Waals surface area contributed by atoms with Crippen molar-refractivity contribution in [3.63, 3.8) is 0 Å². The summed E-state index contributed by atoms with van der Waals surface area (Å²) in [6.45, 7) is 7.03. The largest absolute Gasteiger partial charge is 0.396 e. The Morgan fingerprint density at radius 3 is 2.35 bits per heavy atom. The Kier molecular flexibility index (Phi) is 4.81. The number of hydrogen-bond donors (Lipinski definition) is 2. The molecule has 4 heteroatoms. The van der Waals surface area contributed by atoms with Gasteiger partial charge in [-0.1, -0.05) is 30.3 Å². The fourth-order valence-electron chi connectivity index (χ4n) is 2.65. The Balaban J connectivity index is 2.04. The number of benzene rings is 1. The second-order valence-corrected chi connectivity index (χ2v) is 6.59. The van der Waals surface area contributed by atoms with Gasteiger partial charge in [-0.3, -0.25) is 4.90 Å². The van der Waals surface area contributed by atoms with Crippen LogP contribution in [0.5, 0.6) is 0 Å². The van der Waals surface area contributed by atoms with Crippen molar-refractivity contribution in [2.24, 2.45) is 5.41 Å². The van der Waals surface area contributed by atoms with Crippen LogP contribution in [0.15, 0.2) is 30.3 Å². The van der Waals surface area contributed by atoms with Gasteiger partial charge in [-0.05, 0) is 19.4 Å². The molecule has 0 radical (unpaired) electrons. The molecule has 0 unspecified atom stereocenters. The molecule has 2 rings (SSSR count). The van der Waals surface area contributed by atoms with Crippen LogP contribution in [-0.4, -0.2) is 53.6 Å². The van der Waals surface area contributed by atoms with Crippen LogP contribution in [0.4, 0.5) is 0 Å². The van der Waals surface area contributed by atoms with E-state index < -0.39 is 5.60 Å². The van der Waals surface area contributed by atoms with Crippen LogP contribution in [0.25, 0.3) is 0 Å². The van der Waals surface area contributed by atoms with E-state index in [1.54, 1.807) is 0 Å². The predicted molar refractivity (Wildman–Crippen MR) is 78.4 cm³/mol. The predicted octanol–water partition coefficient (Wildman–Crippen LogP) is 1.27. The zero-order valence-corrected chi connectivity index (χ0v) is 12.4. The number of ether oxygens (including phenoxy) is 1. The van der Waals surface area contributed by atoms with E-state index in [0.29, 0.717) is 19.8 Å². The van der Waals surface area contributed by atoms with Crippen molar-refractivity contribution >= 4 is 0 Å². The monoisotopic (exact) mass is 279 g/mol. The molecule has 1 aromatic rings. The second kappa shape index (κ2) is 6.22. The maximum atomic E-state index is 10.1. The summed E-state index contributed by atoms with van der Waals surface area (Å²) in [7, 11) is 0. The van der Waals surface area contributed by atoms with E-state index in [9.17, 15) is 10.2 Å². The van der Waals surface area contributed by atoms with Crippen LogP contribution in [-0.2, 0) is 11.3 Å². The van der Waals surface area contributed by atoms with Crippen molar-refractivity contribution in [3.8, 4) is 0 Å². The summed E-state index contributed by atoms with van der Waals surface area (Å²) >= 11 is 0. The van der Waals surface area contributed by atoms with E-state index in [0.717, 1.165) is 13.1 Å². The van der Waals surface area contributed by atoms with Crippen LogP contribution in [0.2, 0.25) is 0 Å². The lowest BCUT2D eigenvalue weighted by Crippen LogP contribution is -2.54. The highest BCUT2D eigenvalue weighted by Gasteiger charge is 2.40. The molecular weight excluding hydrogens is 254 g/mol. The van der Waals surface area contributed by atoms with Gasteiger partial charge in [0.05, 0.1) is 30.8 Å². The molecule has 0 aromatic heterocycles. The Labute approximate surface area is 121 Å². The first-order valence-corrected chi connectivity index (χ1v) is 7.10. The van der Waals surface area contributed by atoms with Gasteiger partial charge >= 0.3 is 0 Å². The van der Waals surface area contributed by atoms with Gasteiger partial charge in [0, 0.05) is 19.6 Å². The third-order valence-corrected chi connectivity index (χ3v) is 3.57. The van der Waals surface area contributed by atoms with Gasteiger partial charge in [0.15, 0.2) is 0 Å². The molecule has 4 nitrogen and oxygen atoms in total. The van der Waals surface area contributed by atoms with Crippen LogP contribution >= 0.6 is 0 Å². The van der Waals surface area contributed by atoms with Crippen molar-refractivity contribution in [3.05, 3.63) is 35.9 Å². The summed E-state index contributed by atoms with van der Waals surface area (Å²) in [6.07, 6.45) is 0. The van der Waals surface area contributed by atoms with Crippen molar-refractivity contribution in [1.82, 2.24) is 4.90 Å². The average Bonchev–Trinajstić information content (AvgIpc) is 2.33. The first-order chi connectivity index (χ1) is 9.42. The van der Waals surface area contributed by atoms with Crippen molar-refractivity contribution in [2.75, 3.05) is 32.9 Å². The number of hydrogen-bond acceptors (Lipinski definition) is 4. The SMILES string of the molecule is CC(C)(O)CN(Cc1ccccc1)CC1(CO)COC1. The second-order valence-electron chi connectivity index (χ2n) is 6.59. The quantitative estimate of drug-likeness (QED) is 0.789. The summed E-state index contributed by atoms with van der Waals surface area (Å²) < 4.78 is 5.26. The molecule has 1 saturated heterocycles. The molecule has 0 spiro atoms. The molecule has 1 aliphatic heterocycles. The van der Waals surface area contributed by atoms with Gasteiger partial charge < -0.3 is 14.9 Å². The van der Waals surface area contributed by atoms with Crippen LogP contribution in [0.1, 0.15) is 19.4 Å². The lowest BCUT2D eigenvalue weighted by Gasteiger charge is -2.44. The third kappa shape index (κ3) is 4.28. The first-order valence-electron chi connectivity index (χ1n) is 7.10. The minimum Gasteiger partial charge on any atom is -0.396 e. The topological polar surface area (TPSA) is 52.9 Å². The Morgan fingerprint density at radius 1 is 1.25 bits per heavy atom. The lowest BCUT2D eigenvalue weighted by molar-refractivity contribution is -0.153. The van der Waals surface area contributed by atoms with Crippen LogP contribution < -0.4 is 0 Å². The molecule has 1 aliphatic rings. The summed E-state index contributed by atoms with van der Waals surface area (Å²) in [4.78, 5) is 2.20. The van der Waals surface area contributed by atoms with Crippen molar-refractivity contribution in [2.45, 2.75) is 26.0 Å². The third-order valence-electron chi connectivity index (χ3n) is 3.57. The standard InChI is InChI=1S/C16H25NO3/c1-15(2,19)9-17(8-14-6-4-3-5-7-14)10-16(11-18)12-20-13-16/h3-7,18-19H,8-13H2,1-2H3. The number of aliphatic hydroxyl groups is 2. The van der Waals surface area contributed by atoms with Gasteiger partial charge in [-0.15, -0.1) is 0 Å². The van der Waals surface area contributed by atoms with Gasteiger partial charge in [-0.25, -0.2) is 0 Å². The highest BCUT2D eigenvalue weighted by Crippen LogP contribution is 2.29. The summed E-state index contributed by atoms with van der Waals surface area (Å²) in [5.74, 6) is 0. The smallest absolute Gasteiger partial charge is 0.0718 e. The van der Waals surface area contributed by atoms with Gasteiger partial charge in [0.2, 0.25) is 0 Å². The molecule has 1 heterocycles. The minimum atomic E-state index is -0.754.